The number of halogens is 1. The summed E-state index contributed by atoms with van der Waals surface area (Å²) in [5.41, 5.74) is 1.03. The molecule has 1 amide bonds. The lowest BCUT2D eigenvalue weighted by atomic mass is 10.2. The minimum atomic E-state index is -0.0686. The summed E-state index contributed by atoms with van der Waals surface area (Å²) < 4.78 is 0. The van der Waals surface area contributed by atoms with Crippen molar-refractivity contribution < 1.29 is 4.79 Å². The number of carbonyl (C=O) groups excluding carboxylic acids is 1. The Balaban J connectivity index is 2.68. The molecule has 0 bridgehead atoms. The van der Waals surface area contributed by atoms with E-state index in [1.165, 1.54) is 6.07 Å². The van der Waals surface area contributed by atoms with Crippen LogP contribution in [0.5, 0.6) is 0 Å². The maximum absolute atomic E-state index is 11.4. The van der Waals surface area contributed by atoms with E-state index in [0.717, 1.165) is 5.75 Å². The van der Waals surface area contributed by atoms with Crippen molar-refractivity contribution in [1.29, 1.82) is 5.26 Å². The van der Waals surface area contributed by atoms with Crippen molar-refractivity contribution >= 4 is 35.0 Å². The summed E-state index contributed by atoms with van der Waals surface area (Å²) in [5, 5.41) is 11.7. The first kappa shape index (κ1) is 12.9. The Labute approximate surface area is 104 Å². The Bertz CT molecular complexity index is 428. The molecule has 3 nitrogen and oxygen atoms in total. The summed E-state index contributed by atoms with van der Waals surface area (Å²) in [6.45, 7) is 0. The largest absolute Gasteiger partial charge is 0.325 e. The van der Waals surface area contributed by atoms with E-state index in [4.69, 9.17) is 16.9 Å². The number of amides is 1. The zero-order valence-corrected chi connectivity index (χ0v) is 10.4. The zero-order chi connectivity index (χ0) is 12.0. The van der Waals surface area contributed by atoms with Gasteiger partial charge in [0.15, 0.2) is 0 Å². The van der Waals surface area contributed by atoms with Crippen LogP contribution in [0, 0.1) is 11.3 Å². The van der Waals surface area contributed by atoms with Gasteiger partial charge in [-0.2, -0.15) is 17.0 Å². The number of anilines is 1. The Morgan fingerprint density at radius 3 is 2.94 bits per heavy atom. The SMILES string of the molecule is CSCCC(=O)Nc1ccc(C#N)cc1Cl. The van der Waals surface area contributed by atoms with Crippen molar-refractivity contribution in [3.05, 3.63) is 28.8 Å². The van der Waals surface area contributed by atoms with Gasteiger partial charge in [-0.3, -0.25) is 4.79 Å². The molecule has 0 fully saturated rings. The molecule has 16 heavy (non-hydrogen) atoms. The smallest absolute Gasteiger partial charge is 0.225 e. The molecule has 0 aliphatic carbocycles. The minimum absolute atomic E-state index is 0.0686. The third-order valence-electron chi connectivity index (χ3n) is 1.91. The number of hydrogen-bond donors (Lipinski definition) is 1. The minimum Gasteiger partial charge on any atom is -0.325 e. The zero-order valence-electron chi connectivity index (χ0n) is 8.79. The summed E-state index contributed by atoms with van der Waals surface area (Å²) in [5.74, 6) is 0.709. The average molecular weight is 255 g/mol. The van der Waals surface area contributed by atoms with Crippen LogP contribution in [-0.2, 0) is 4.79 Å². The van der Waals surface area contributed by atoms with Gasteiger partial charge in [-0.1, -0.05) is 11.6 Å². The quantitative estimate of drug-likeness (QED) is 0.899. The second kappa shape index (κ2) is 6.41. The van der Waals surface area contributed by atoms with E-state index in [-0.39, 0.29) is 5.91 Å². The predicted octanol–water partition coefficient (Wildman–Crippen LogP) is 2.90. The fourth-order valence-electron chi connectivity index (χ4n) is 1.09. The topological polar surface area (TPSA) is 52.9 Å². The molecule has 0 radical (unpaired) electrons. The molecule has 0 aliphatic heterocycles. The van der Waals surface area contributed by atoms with E-state index in [0.29, 0.717) is 22.7 Å². The molecule has 0 atom stereocenters. The number of rotatable bonds is 4. The molecular formula is C11H11ClN2OS. The summed E-state index contributed by atoms with van der Waals surface area (Å²) in [7, 11) is 0. The molecule has 1 aromatic carbocycles. The lowest BCUT2D eigenvalue weighted by molar-refractivity contribution is -0.115. The van der Waals surface area contributed by atoms with Gasteiger partial charge in [-0.15, -0.1) is 0 Å². The van der Waals surface area contributed by atoms with Crippen LogP contribution in [0.25, 0.3) is 0 Å². The predicted molar refractivity (Wildman–Crippen MR) is 67.8 cm³/mol. The monoisotopic (exact) mass is 254 g/mol. The third kappa shape index (κ3) is 3.76. The molecular weight excluding hydrogens is 244 g/mol. The van der Waals surface area contributed by atoms with E-state index in [2.05, 4.69) is 5.32 Å². The van der Waals surface area contributed by atoms with Gasteiger partial charge in [0.1, 0.15) is 0 Å². The molecule has 1 N–H and O–H groups in total. The highest BCUT2D eigenvalue weighted by atomic mass is 35.5. The summed E-state index contributed by atoms with van der Waals surface area (Å²) in [6, 6.07) is 6.77. The highest BCUT2D eigenvalue weighted by Crippen LogP contribution is 2.22. The van der Waals surface area contributed by atoms with Gasteiger partial charge in [0.2, 0.25) is 5.91 Å². The van der Waals surface area contributed by atoms with Crippen LogP contribution in [0.4, 0.5) is 5.69 Å². The number of nitrogens with one attached hydrogen (secondary N) is 1. The van der Waals surface area contributed by atoms with Crippen molar-refractivity contribution in [3.63, 3.8) is 0 Å². The van der Waals surface area contributed by atoms with Gasteiger partial charge in [-0.25, -0.2) is 0 Å². The van der Waals surface area contributed by atoms with Crippen molar-refractivity contribution in [2.75, 3.05) is 17.3 Å². The maximum Gasteiger partial charge on any atom is 0.225 e. The fraction of sp³-hybridized carbons (Fsp3) is 0.273. The van der Waals surface area contributed by atoms with Crippen LogP contribution in [-0.4, -0.2) is 17.9 Å². The van der Waals surface area contributed by atoms with Gasteiger partial charge in [0.25, 0.3) is 0 Å². The molecule has 1 aromatic rings. The van der Waals surface area contributed by atoms with Crippen LogP contribution in [0.15, 0.2) is 18.2 Å². The van der Waals surface area contributed by atoms with E-state index < -0.39 is 0 Å². The first-order valence-electron chi connectivity index (χ1n) is 4.66. The summed E-state index contributed by atoms with van der Waals surface area (Å²) in [4.78, 5) is 11.4. The van der Waals surface area contributed by atoms with Gasteiger partial charge in [0, 0.05) is 12.2 Å². The van der Waals surface area contributed by atoms with Crippen LogP contribution < -0.4 is 5.32 Å². The summed E-state index contributed by atoms with van der Waals surface area (Å²) >= 11 is 7.53. The Morgan fingerprint density at radius 1 is 1.62 bits per heavy atom. The molecule has 0 aliphatic rings. The molecule has 0 heterocycles. The van der Waals surface area contributed by atoms with Gasteiger partial charge < -0.3 is 5.32 Å². The third-order valence-corrected chi connectivity index (χ3v) is 2.83. The Morgan fingerprint density at radius 2 is 2.38 bits per heavy atom. The number of carbonyl (C=O) groups is 1. The van der Waals surface area contributed by atoms with Crippen molar-refractivity contribution in [3.8, 4) is 6.07 Å². The molecule has 0 saturated heterocycles. The first-order valence-corrected chi connectivity index (χ1v) is 6.43. The van der Waals surface area contributed by atoms with Gasteiger partial charge in [0.05, 0.1) is 22.3 Å². The van der Waals surface area contributed by atoms with Crippen LogP contribution >= 0.6 is 23.4 Å². The maximum atomic E-state index is 11.4. The lowest BCUT2D eigenvalue weighted by Gasteiger charge is -2.06. The number of nitrogens with zero attached hydrogens (tertiary/aromatic N) is 1. The molecule has 1 rings (SSSR count). The Hall–Kier alpha value is -1.18. The second-order valence-electron chi connectivity index (χ2n) is 3.10. The van der Waals surface area contributed by atoms with Crippen LogP contribution in [0.1, 0.15) is 12.0 Å². The van der Waals surface area contributed by atoms with Gasteiger partial charge in [-0.05, 0) is 24.5 Å². The first-order chi connectivity index (χ1) is 7.67. The molecule has 0 unspecified atom stereocenters. The van der Waals surface area contributed by atoms with Gasteiger partial charge >= 0.3 is 0 Å². The average Bonchev–Trinajstić information content (AvgIpc) is 2.29. The summed E-state index contributed by atoms with van der Waals surface area (Å²) in [6.07, 6.45) is 2.40. The second-order valence-corrected chi connectivity index (χ2v) is 4.49. The van der Waals surface area contributed by atoms with Crippen LogP contribution in [0.3, 0.4) is 0 Å². The van der Waals surface area contributed by atoms with E-state index in [1.807, 2.05) is 12.3 Å². The number of nitriles is 1. The van der Waals surface area contributed by atoms with Crippen molar-refractivity contribution in [2.24, 2.45) is 0 Å². The molecule has 0 saturated carbocycles. The Kier molecular flexibility index (Phi) is 5.17. The van der Waals surface area contributed by atoms with E-state index in [1.54, 1.807) is 23.9 Å². The molecule has 0 spiro atoms. The normalized spacial score (nSPS) is 9.56. The van der Waals surface area contributed by atoms with Crippen molar-refractivity contribution in [1.82, 2.24) is 0 Å². The van der Waals surface area contributed by atoms with E-state index >= 15 is 0 Å². The molecule has 5 heteroatoms. The molecule has 84 valence electrons. The van der Waals surface area contributed by atoms with E-state index in [9.17, 15) is 4.79 Å². The number of hydrogen-bond acceptors (Lipinski definition) is 3. The highest BCUT2D eigenvalue weighted by Gasteiger charge is 2.06. The number of thioether (sulfide) groups is 1. The lowest BCUT2D eigenvalue weighted by Crippen LogP contribution is -2.12. The fourth-order valence-corrected chi connectivity index (χ4v) is 1.71. The van der Waals surface area contributed by atoms with Crippen LogP contribution in [0.2, 0.25) is 5.02 Å². The standard InChI is InChI=1S/C11H11ClN2OS/c1-16-5-4-11(15)14-10-3-2-8(7-13)6-9(10)12/h2-3,6H,4-5H2,1H3,(H,14,15). The highest BCUT2D eigenvalue weighted by molar-refractivity contribution is 7.98. The number of benzene rings is 1. The van der Waals surface area contributed by atoms with Crippen molar-refractivity contribution in [2.45, 2.75) is 6.42 Å². The molecule has 0 aromatic heterocycles.